The van der Waals surface area contributed by atoms with Crippen LogP contribution in [0, 0.1) is 31.0 Å². The van der Waals surface area contributed by atoms with Crippen molar-refractivity contribution in [3.8, 4) is 17.5 Å². The number of benzene rings is 2. The maximum absolute atomic E-state index is 13.3. The van der Waals surface area contributed by atoms with Crippen molar-refractivity contribution in [2.75, 3.05) is 38.7 Å². The van der Waals surface area contributed by atoms with Crippen LogP contribution in [0.5, 0.6) is 5.75 Å². The summed E-state index contributed by atoms with van der Waals surface area (Å²) in [4.78, 5) is 15.1. The van der Waals surface area contributed by atoms with Gasteiger partial charge in [0.25, 0.3) is 0 Å². The number of rotatable bonds is 6. The predicted molar refractivity (Wildman–Crippen MR) is 127 cm³/mol. The first-order valence-corrected chi connectivity index (χ1v) is 11.1. The Morgan fingerprint density at radius 2 is 1.91 bits per heavy atom. The number of halogens is 1. The molecule has 1 aromatic heterocycles. The number of carbonyl (C=O) groups excluding carboxylic acids is 1. The fraction of sp³-hybridized carbons (Fsp3) is 0.308. The van der Waals surface area contributed by atoms with Crippen LogP contribution in [-0.4, -0.2) is 48.7 Å². The van der Waals surface area contributed by atoms with E-state index in [0.717, 1.165) is 28.3 Å². The molecule has 1 atom stereocenters. The number of ether oxygens (including phenoxy) is 2. The van der Waals surface area contributed by atoms with Crippen LogP contribution in [0.15, 0.2) is 48.5 Å². The third-order valence-electron chi connectivity index (χ3n) is 6.17. The summed E-state index contributed by atoms with van der Waals surface area (Å²) in [5.74, 6) is 0.661. The highest BCUT2D eigenvalue weighted by Gasteiger charge is 2.25. The molecule has 8 heteroatoms. The van der Waals surface area contributed by atoms with E-state index < -0.39 is 0 Å². The van der Waals surface area contributed by atoms with E-state index in [1.54, 1.807) is 19.2 Å². The fourth-order valence-electron chi connectivity index (χ4n) is 4.21. The van der Waals surface area contributed by atoms with Gasteiger partial charge in [-0.25, -0.2) is 4.39 Å². The van der Waals surface area contributed by atoms with E-state index in [-0.39, 0.29) is 24.4 Å². The van der Waals surface area contributed by atoms with Crippen molar-refractivity contribution in [3.05, 3.63) is 76.7 Å². The first-order valence-electron chi connectivity index (χ1n) is 11.1. The van der Waals surface area contributed by atoms with Gasteiger partial charge in [0, 0.05) is 24.5 Å². The summed E-state index contributed by atoms with van der Waals surface area (Å²) >= 11 is 0. The van der Waals surface area contributed by atoms with E-state index in [1.807, 2.05) is 47.6 Å². The van der Waals surface area contributed by atoms with E-state index in [4.69, 9.17) is 9.47 Å². The summed E-state index contributed by atoms with van der Waals surface area (Å²) in [5.41, 5.74) is 3.82. The normalized spacial score (nSPS) is 16.1. The summed E-state index contributed by atoms with van der Waals surface area (Å²) in [6.45, 7) is 5.54. The van der Waals surface area contributed by atoms with Crippen molar-refractivity contribution >= 4 is 11.7 Å². The van der Waals surface area contributed by atoms with Gasteiger partial charge in [0.2, 0.25) is 5.91 Å². The molecule has 1 fully saturated rings. The molecule has 3 aromatic rings. The molecule has 4 rings (SSSR count). The van der Waals surface area contributed by atoms with Crippen molar-refractivity contribution in [1.29, 1.82) is 5.26 Å². The molecule has 0 spiro atoms. The van der Waals surface area contributed by atoms with Gasteiger partial charge >= 0.3 is 0 Å². The lowest BCUT2D eigenvalue weighted by Crippen LogP contribution is -2.42. The van der Waals surface area contributed by atoms with E-state index in [2.05, 4.69) is 11.4 Å². The lowest BCUT2D eigenvalue weighted by molar-refractivity contribution is -0.119. The van der Waals surface area contributed by atoms with Crippen molar-refractivity contribution in [1.82, 2.24) is 9.47 Å². The van der Waals surface area contributed by atoms with Gasteiger partial charge in [-0.05, 0) is 61.4 Å². The Morgan fingerprint density at radius 3 is 2.56 bits per heavy atom. The standard InChI is InChI=1S/C26H27FN4O3/c1-17-18(2)31(21-8-10-22(33-3)11-9-21)26(23(17)14-28)29-25(32)16-30-12-13-34-24(15-30)19-4-6-20(27)7-5-19/h4-11,24H,12-13,15-16H2,1-3H3,(H,29,32). The topological polar surface area (TPSA) is 79.5 Å². The molecule has 0 saturated carbocycles. The molecule has 1 unspecified atom stereocenters. The lowest BCUT2D eigenvalue weighted by Gasteiger charge is -2.32. The zero-order chi connectivity index (χ0) is 24.2. The van der Waals surface area contributed by atoms with E-state index in [9.17, 15) is 14.4 Å². The third-order valence-corrected chi connectivity index (χ3v) is 6.17. The smallest absolute Gasteiger partial charge is 0.239 e. The number of nitrogens with one attached hydrogen (secondary N) is 1. The number of hydrogen-bond donors (Lipinski definition) is 1. The number of amides is 1. The zero-order valence-corrected chi connectivity index (χ0v) is 19.5. The molecule has 1 aliphatic rings. The largest absolute Gasteiger partial charge is 0.497 e. The second-order valence-corrected chi connectivity index (χ2v) is 8.27. The Labute approximate surface area is 198 Å². The Balaban J connectivity index is 1.53. The molecule has 34 heavy (non-hydrogen) atoms. The molecule has 0 aliphatic carbocycles. The minimum absolute atomic E-state index is 0.151. The van der Waals surface area contributed by atoms with Crippen LogP contribution < -0.4 is 10.1 Å². The number of nitrogens with zero attached hydrogens (tertiary/aromatic N) is 3. The Hall–Kier alpha value is -3.67. The number of morpholine rings is 1. The second kappa shape index (κ2) is 10.1. The van der Waals surface area contributed by atoms with Gasteiger partial charge in [0.15, 0.2) is 0 Å². The molecule has 7 nitrogen and oxygen atoms in total. The molecule has 0 bridgehead atoms. The van der Waals surface area contributed by atoms with Gasteiger partial charge in [-0.3, -0.25) is 14.3 Å². The summed E-state index contributed by atoms with van der Waals surface area (Å²) < 4.78 is 26.2. The predicted octanol–water partition coefficient (Wildman–Crippen LogP) is 4.13. The number of hydrogen-bond acceptors (Lipinski definition) is 5. The van der Waals surface area contributed by atoms with Crippen molar-refractivity contribution in [2.45, 2.75) is 20.0 Å². The van der Waals surface area contributed by atoms with Crippen LogP contribution in [-0.2, 0) is 9.53 Å². The number of carbonyl (C=O) groups is 1. The van der Waals surface area contributed by atoms with Crippen molar-refractivity contribution in [2.24, 2.45) is 0 Å². The number of nitriles is 1. The molecule has 2 heterocycles. The summed E-state index contributed by atoms with van der Waals surface area (Å²) in [6.07, 6.45) is -0.232. The van der Waals surface area contributed by atoms with Gasteiger partial charge in [-0.2, -0.15) is 5.26 Å². The number of anilines is 1. The lowest BCUT2D eigenvalue weighted by atomic mass is 10.1. The maximum atomic E-state index is 13.3. The average Bonchev–Trinajstić information content (AvgIpc) is 3.08. The number of methoxy groups -OCH3 is 1. The highest BCUT2D eigenvalue weighted by molar-refractivity contribution is 5.93. The van der Waals surface area contributed by atoms with Gasteiger partial charge < -0.3 is 14.8 Å². The second-order valence-electron chi connectivity index (χ2n) is 8.27. The van der Waals surface area contributed by atoms with Crippen molar-refractivity contribution < 1.29 is 18.7 Å². The molecule has 176 valence electrons. The van der Waals surface area contributed by atoms with Gasteiger partial charge in [0.1, 0.15) is 23.5 Å². The first-order chi connectivity index (χ1) is 16.4. The molecular weight excluding hydrogens is 435 g/mol. The minimum atomic E-state index is -0.297. The molecule has 1 amide bonds. The van der Waals surface area contributed by atoms with E-state index in [0.29, 0.717) is 31.1 Å². The molecular formula is C26H27FN4O3. The Kier molecular flexibility index (Phi) is 6.96. The SMILES string of the molecule is COc1ccc(-n2c(C)c(C)c(C#N)c2NC(=O)CN2CCOC(c3ccc(F)cc3)C2)cc1. The Bertz CT molecular complexity index is 1210. The maximum Gasteiger partial charge on any atom is 0.239 e. The summed E-state index contributed by atoms with van der Waals surface area (Å²) in [7, 11) is 1.60. The van der Waals surface area contributed by atoms with E-state index in [1.165, 1.54) is 12.1 Å². The Morgan fingerprint density at radius 1 is 1.21 bits per heavy atom. The monoisotopic (exact) mass is 462 g/mol. The van der Waals surface area contributed by atoms with Crippen LogP contribution in [0.3, 0.4) is 0 Å². The highest BCUT2D eigenvalue weighted by atomic mass is 19.1. The quantitative estimate of drug-likeness (QED) is 0.596. The van der Waals surface area contributed by atoms with Crippen LogP contribution in [0.4, 0.5) is 10.2 Å². The number of aromatic nitrogens is 1. The van der Waals surface area contributed by atoms with Crippen LogP contribution in [0.1, 0.15) is 28.5 Å². The first kappa shape index (κ1) is 23.5. The molecule has 1 N–H and O–H groups in total. The highest BCUT2D eigenvalue weighted by Crippen LogP contribution is 2.31. The van der Waals surface area contributed by atoms with Gasteiger partial charge in [-0.1, -0.05) is 12.1 Å². The summed E-state index contributed by atoms with van der Waals surface area (Å²) in [5, 5.41) is 12.8. The zero-order valence-electron chi connectivity index (χ0n) is 19.5. The minimum Gasteiger partial charge on any atom is -0.497 e. The fourth-order valence-corrected chi connectivity index (χ4v) is 4.21. The van der Waals surface area contributed by atoms with Crippen LogP contribution >= 0.6 is 0 Å². The van der Waals surface area contributed by atoms with Crippen LogP contribution in [0.2, 0.25) is 0 Å². The molecule has 0 radical (unpaired) electrons. The summed E-state index contributed by atoms with van der Waals surface area (Å²) in [6, 6.07) is 15.9. The van der Waals surface area contributed by atoms with Crippen molar-refractivity contribution in [3.63, 3.8) is 0 Å². The van der Waals surface area contributed by atoms with Gasteiger partial charge in [0.05, 0.1) is 31.9 Å². The molecule has 2 aromatic carbocycles. The molecule has 1 saturated heterocycles. The van der Waals surface area contributed by atoms with Gasteiger partial charge in [-0.15, -0.1) is 0 Å². The van der Waals surface area contributed by atoms with Crippen LogP contribution in [0.25, 0.3) is 5.69 Å². The molecule has 1 aliphatic heterocycles. The van der Waals surface area contributed by atoms with E-state index >= 15 is 0 Å². The average molecular weight is 463 g/mol. The third kappa shape index (κ3) is 4.81.